The van der Waals surface area contributed by atoms with Crippen molar-refractivity contribution in [1.29, 1.82) is 0 Å². The topological polar surface area (TPSA) is 37.3 Å². The van der Waals surface area contributed by atoms with Crippen LogP contribution in [0.5, 0.6) is 0 Å². The summed E-state index contributed by atoms with van der Waals surface area (Å²) in [7, 11) is 0. The molecule has 29 heavy (non-hydrogen) atoms. The zero-order chi connectivity index (χ0) is 20.7. The monoisotopic (exact) mass is 507 g/mol. The molecule has 2 aromatic carbocycles. The van der Waals surface area contributed by atoms with Gasteiger partial charge in [-0.25, -0.2) is 0 Å². The van der Waals surface area contributed by atoms with Gasteiger partial charge in [0.1, 0.15) is 5.70 Å². The van der Waals surface area contributed by atoms with E-state index >= 15 is 0 Å². The first-order chi connectivity index (χ1) is 13.9. The van der Waals surface area contributed by atoms with Gasteiger partial charge in [0.05, 0.1) is 0 Å². The summed E-state index contributed by atoms with van der Waals surface area (Å²) in [5, 5.41) is 5.69. The number of amides is 1. The first-order valence-corrected chi connectivity index (χ1v) is 10.9. The Bertz CT molecular complexity index is 1190. The molecule has 1 amide bonds. The highest BCUT2D eigenvalue weighted by Crippen LogP contribution is 2.30. The molecule has 0 unspecified atom stereocenters. The van der Waals surface area contributed by atoms with Gasteiger partial charge < -0.3 is 9.88 Å². The maximum absolute atomic E-state index is 12.6. The zero-order valence-corrected chi connectivity index (χ0v) is 19.3. The molecule has 0 radical (unpaired) electrons. The van der Waals surface area contributed by atoms with Gasteiger partial charge in [-0.15, -0.1) is 0 Å². The van der Waals surface area contributed by atoms with Crippen molar-refractivity contribution in [3.8, 4) is 0 Å². The standard InChI is InChI=1S/C21H16BrCl2N3OS/c1-2-27-20(28)18(25-21(27)29)7-13-11-26(19-6-4-14(22)8-16(13)19)10-12-3-5-15(23)9-17(12)24/h3-9,11H,2,10H2,1H3,(H,25,29)/b18-7-. The highest BCUT2D eigenvalue weighted by molar-refractivity contribution is 9.10. The van der Waals surface area contributed by atoms with Crippen molar-refractivity contribution < 1.29 is 4.79 Å². The van der Waals surface area contributed by atoms with Crippen molar-refractivity contribution in [3.63, 3.8) is 0 Å². The maximum Gasteiger partial charge on any atom is 0.276 e. The van der Waals surface area contributed by atoms with Crippen molar-refractivity contribution in [2.45, 2.75) is 13.5 Å². The molecule has 0 spiro atoms. The fourth-order valence-electron chi connectivity index (χ4n) is 3.39. The molecule has 1 N–H and O–H groups in total. The Labute approximate surface area is 192 Å². The van der Waals surface area contributed by atoms with Crippen molar-refractivity contribution in [2.75, 3.05) is 6.54 Å². The number of halogens is 3. The number of fused-ring (bicyclic) bond motifs is 1. The fraction of sp³-hybridized carbons (Fsp3) is 0.143. The number of hydrogen-bond donors (Lipinski definition) is 1. The molecule has 148 valence electrons. The largest absolute Gasteiger partial charge is 0.342 e. The van der Waals surface area contributed by atoms with Crippen LogP contribution < -0.4 is 5.32 Å². The lowest BCUT2D eigenvalue weighted by Gasteiger charge is -2.08. The van der Waals surface area contributed by atoms with Crippen LogP contribution in [0.4, 0.5) is 0 Å². The minimum atomic E-state index is -0.117. The number of rotatable bonds is 4. The second-order valence-corrected chi connectivity index (χ2v) is 8.79. The van der Waals surface area contributed by atoms with E-state index in [4.69, 9.17) is 35.4 Å². The van der Waals surface area contributed by atoms with Gasteiger partial charge in [0.2, 0.25) is 0 Å². The molecule has 1 aliphatic rings. The molecule has 1 saturated heterocycles. The van der Waals surface area contributed by atoms with E-state index in [0.717, 1.165) is 26.5 Å². The number of hydrogen-bond acceptors (Lipinski definition) is 2. The van der Waals surface area contributed by atoms with E-state index in [1.165, 1.54) is 0 Å². The summed E-state index contributed by atoms with van der Waals surface area (Å²) in [4.78, 5) is 14.1. The summed E-state index contributed by atoms with van der Waals surface area (Å²) < 4.78 is 3.07. The fourth-order valence-corrected chi connectivity index (χ4v) is 4.54. The number of carbonyl (C=O) groups is 1. The van der Waals surface area contributed by atoms with E-state index in [1.807, 2.05) is 49.5 Å². The zero-order valence-electron chi connectivity index (χ0n) is 15.4. The molecule has 1 fully saturated rings. The average molecular weight is 509 g/mol. The first kappa shape index (κ1) is 20.4. The third-order valence-corrected chi connectivity index (χ3v) is 6.21. The van der Waals surface area contributed by atoms with Crippen LogP contribution in [-0.4, -0.2) is 27.0 Å². The van der Waals surface area contributed by atoms with Gasteiger partial charge in [-0.05, 0) is 61.1 Å². The summed E-state index contributed by atoms with van der Waals surface area (Å²) in [6, 6.07) is 11.6. The predicted molar refractivity (Wildman–Crippen MR) is 126 cm³/mol. The van der Waals surface area contributed by atoms with Crippen LogP contribution in [0.25, 0.3) is 17.0 Å². The molecule has 0 saturated carbocycles. The molecule has 4 nitrogen and oxygen atoms in total. The van der Waals surface area contributed by atoms with E-state index in [0.29, 0.717) is 33.9 Å². The second kappa shape index (κ2) is 8.11. The second-order valence-electron chi connectivity index (χ2n) is 6.65. The lowest BCUT2D eigenvalue weighted by Crippen LogP contribution is -2.30. The number of thiocarbonyl (C=S) groups is 1. The third kappa shape index (κ3) is 3.94. The molecule has 0 bridgehead atoms. The van der Waals surface area contributed by atoms with Crippen LogP contribution in [0.3, 0.4) is 0 Å². The first-order valence-electron chi connectivity index (χ1n) is 8.94. The highest BCUT2D eigenvalue weighted by Gasteiger charge is 2.29. The SMILES string of the molecule is CCN1C(=O)/C(=C/c2cn(Cc3ccc(Cl)cc3Cl)c3ccc(Br)cc23)NC1=S. The lowest BCUT2D eigenvalue weighted by atomic mass is 10.1. The normalized spacial score (nSPS) is 15.6. The molecule has 4 rings (SSSR count). The molecule has 1 aliphatic heterocycles. The van der Waals surface area contributed by atoms with Gasteiger partial charge in [-0.2, -0.15) is 0 Å². The van der Waals surface area contributed by atoms with Gasteiger partial charge in [0.25, 0.3) is 5.91 Å². The van der Waals surface area contributed by atoms with Crippen LogP contribution in [0.15, 0.2) is 52.8 Å². The van der Waals surface area contributed by atoms with Crippen molar-refractivity contribution in [2.24, 2.45) is 0 Å². The molecule has 2 heterocycles. The van der Waals surface area contributed by atoms with Gasteiger partial charge >= 0.3 is 0 Å². The average Bonchev–Trinajstić information content (AvgIpc) is 3.14. The van der Waals surface area contributed by atoms with Crippen LogP contribution in [0.1, 0.15) is 18.1 Å². The molecule has 1 aromatic heterocycles. The summed E-state index contributed by atoms with van der Waals surface area (Å²) in [6.45, 7) is 3.01. The predicted octanol–water partition coefficient (Wildman–Crippen LogP) is 5.84. The van der Waals surface area contributed by atoms with Crippen molar-refractivity contribution >= 4 is 79.3 Å². The van der Waals surface area contributed by atoms with E-state index in [1.54, 1.807) is 11.0 Å². The van der Waals surface area contributed by atoms with Crippen molar-refractivity contribution in [3.05, 3.63) is 73.9 Å². The number of aromatic nitrogens is 1. The van der Waals surface area contributed by atoms with Crippen LogP contribution in [0, 0.1) is 0 Å². The van der Waals surface area contributed by atoms with E-state index in [2.05, 4.69) is 25.8 Å². The van der Waals surface area contributed by atoms with Gasteiger partial charge in [-0.1, -0.05) is 45.2 Å². The Morgan fingerprint density at radius 2 is 2.00 bits per heavy atom. The Morgan fingerprint density at radius 1 is 1.21 bits per heavy atom. The molecule has 0 aliphatic carbocycles. The van der Waals surface area contributed by atoms with Crippen molar-refractivity contribution in [1.82, 2.24) is 14.8 Å². The van der Waals surface area contributed by atoms with E-state index in [-0.39, 0.29) is 5.91 Å². The van der Waals surface area contributed by atoms with Crippen LogP contribution >= 0.6 is 51.3 Å². The van der Waals surface area contributed by atoms with Gasteiger partial charge in [0.15, 0.2) is 5.11 Å². The molecule has 0 atom stereocenters. The summed E-state index contributed by atoms with van der Waals surface area (Å²) in [6.07, 6.45) is 3.86. The Kier molecular flexibility index (Phi) is 5.71. The summed E-state index contributed by atoms with van der Waals surface area (Å²) >= 11 is 21.2. The Morgan fingerprint density at radius 3 is 2.69 bits per heavy atom. The van der Waals surface area contributed by atoms with E-state index < -0.39 is 0 Å². The lowest BCUT2D eigenvalue weighted by molar-refractivity contribution is -0.122. The quantitative estimate of drug-likeness (QED) is 0.355. The Balaban J connectivity index is 1.79. The summed E-state index contributed by atoms with van der Waals surface area (Å²) in [5.41, 5.74) is 3.39. The van der Waals surface area contributed by atoms with Crippen LogP contribution in [-0.2, 0) is 11.3 Å². The minimum Gasteiger partial charge on any atom is -0.342 e. The maximum atomic E-state index is 12.6. The van der Waals surface area contributed by atoms with E-state index in [9.17, 15) is 4.79 Å². The molecule has 3 aromatic rings. The molecule has 8 heteroatoms. The molecular weight excluding hydrogens is 493 g/mol. The number of carbonyl (C=O) groups excluding carboxylic acids is 1. The third-order valence-electron chi connectivity index (χ3n) is 4.81. The molecular formula is C21H16BrCl2N3OS. The van der Waals surface area contributed by atoms with Crippen LogP contribution in [0.2, 0.25) is 10.0 Å². The highest BCUT2D eigenvalue weighted by atomic mass is 79.9. The number of likely N-dealkylation sites (N-methyl/N-ethyl adjacent to an activating group) is 1. The minimum absolute atomic E-state index is 0.117. The number of benzene rings is 2. The van der Waals surface area contributed by atoms with Gasteiger partial charge in [0, 0.05) is 50.3 Å². The number of nitrogens with zero attached hydrogens (tertiary/aromatic N) is 2. The smallest absolute Gasteiger partial charge is 0.276 e. The Hall–Kier alpha value is -1.86. The number of nitrogens with one attached hydrogen (secondary N) is 1. The summed E-state index contributed by atoms with van der Waals surface area (Å²) in [5.74, 6) is -0.117. The van der Waals surface area contributed by atoms with Gasteiger partial charge in [-0.3, -0.25) is 9.69 Å².